The van der Waals surface area contributed by atoms with Crippen molar-refractivity contribution in [1.29, 1.82) is 0 Å². The number of carbonyl (C=O) groups is 2. The molecule has 0 unspecified atom stereocenters. The van der Waals surface area contributed by atoms with Gasteiger partial charge in [-0.2, -0.15) is 0 Å². The van der Waals surface area contributed by atoms with Crippen LogP contribution in [0, 0.1) is 13.8 Å². The Labute approximate surface area is 227 Å². The van der Waals surface area contributed by atoms with Crippen LogP contribution in [0.5, 0.6) is 11.5 Å². The normalized spacial score (nSPS) is 15.6. The largest absolute Gasteiger partial charge is 0.504 e. The van der Waals surface area contributed by atoms with E-state index in [2.05, 4.69) is 0 Å². The van der Waals surface area contributed by atoms with Crippen LogP contribution in [-0.4, -0.2) is 33.5 Å². The number of fused-ring (bicyclic) bond motifs is 2. The summed E-state index contributed by atoms with van der Waals surface area (Å²) in [6.45, 7) is 6.01. The second-order valence-corrected chi connectivity index (χ2v) is 10.4. The molecule has 0 fully saturated rings. The van der Waals surface area contributed by atoms with Gasteiger partial charge < -0.3 is 19.4 Å². The Kier molecular flexibility index (Phi) is 5.88. The maximum absolute atomic E-state index is 13.9. The van der Waals surface area contributed by atoms with Crippen molar-refractivity contribution in [3.05, 3.63) is 94.4 Å². The highest BCUT2D eigenvalue weighted by Crippen LogP contribution is 2.46. The second kappa shape index (κ2) is 9.28. The topological polar surface area (TPSA) is 113 Å². The van der Waals surface area contributed by atoms with Crippen molar-refractivity contribution in [2.75, 3.05) is 11.5 Å². The Bertz CT molecular complexity index is 1800. The second-order valence-electron chi connectivity index (χ2n) is 9.40. The van der Waals surface area contributed by atoms with Crippen LogP contribution < -0.4 is 9.64 Å². The molecule has 1 amide bonds. The number of aromatic nitrogens is 1. The minimum absolute atomic E-state index is 0.00280. The van der Waals surface area contributed by atoms with Gasteiger partial charge in [-0.1, -0.05) is 41.7 Å². The van der Waals surface area contributed by atoms with Crippen LogP contribution in [0.25, 0.3) is 21.2 Å². The summed E-state index contributed by atoms with van der Waals surface area (Å²) >= 11 is 1.30. The summed E-state index contributed by atoms with van der Waals surface area (Å²) in [7, 11) is 0. The molecule has 0 aliphatic carbocycles. The summed E-state index contributed by atoms with van der Waals surface area (Å²) in [5.41, 5.74) is 3.58. The van der Waals surface area contributed by atoms with Crippen molar-refractivity contribution < 1.29 is 29.0 Å². The van der Waals surface area contributed by atoms with Crippen molar-refractivity contribution in [3.63, 3.8) is 0 Å². The number of aromatic hydroxyl groups is 1. The molecular weight excluding hydrogens is 516 g/mol. The number of Topliss-reactive ketones (excluding diaryl/α,β-unsaturated/α-hetero) is 1. The average molecular weight is 541 g/mol. The van der Waals surface area contributed by atoms with E-state index in [0.29, 0.717) is 22.9 Å². The van der Waals surface area contributed by atoms with Crippen LogP contribution in [0.3, 0.4) is 0 Å². The van der Waals surface area contributed by atoms with Gasteiger partial charge in [0.25, 0.3) is 5.91 Å². The van der Waals surface area contributed by atoms with E-state index in [4.69, 9.17) is 14.1 Å². The number of aryl methyl sites for hydroxylation is 2. The molecule has 3 aromatic carbocycles. The third kappa shape index (κ3) is 4.02. The predicted octanol–water partition coefficient (Wildman–Crippen LogP) is 6.55. The number of benzene rings is 3. The zero-order chi connectivity index (χ0) is 27.4. The van der Waals surface area contributed by atoms with Gasteiger partial charge in [-0.3, -0.25) is 14.5 Å². The van der Waals surface area contributed by atoms with Gasteiger partial charge in [-0.05, 0) is 67.8 Å². The number of phenolic OH excluding ortho intramolecular Hbond substituents is 1. The molecule has 3 heterocycles. The molecule has 9 heteroatoms. The van der Waals surface area contributed by atoms with Crippen LogP contribution in [0.1, 0.15) is 40.2 Å². The van der Waals surface area contributed by atoms with Crippen molar-refractivity contribution in [2.45, 2.75) is 26.8 Å². The molecule has 0 spiro atoms. The molecule has 8 nitrogen and oxygen atoms in total. The summed E-state index contributed by atoms with van der Waals surface area (Å²) in [5.74, 6) is -1.94. The average Bonchev–Trinajstić information content (AvgIpc) is 3.60. The summed E-state index contributed by atoms with van der Waals surface area (Å²) < 4.78 is 12.3. The number of ether oxygens (including phenoxy) is 1. The molecule has 0 saturated heterocycles. The van der Waals surface area contributed by atoms with Gasteiger partial charge in [-0.25, -0.2) is 4.98 Å². The van der Waals surface area contributed by atoms with Crippen molar-refractivity contribution in [2.24, 2.45) is 0 Å². The fourth-order valence-corrected chi connectivity index (χ4v) is 6.18. The quantitative estimate of drug-likeness (QED) is 0.235. The molecule has 5 aromatic rings. The van der Waals surface area contributed by atoms with E-state index >= 15 is 0 Å². The van der Waals surface area contributed by atoms with E-state index in [1.165, 1.54) is 22.3 Å². The minimum Gasteiger partial charge on any atom is -0.504 e. The molecule has 1 atom stereocenters. The molecule has 39 heavy (non-hydrogen) atoms. The molecule has 1 aliphatic rings. The highest BCUT2D eigenvalue weighted by atomic mass is 32.1. The van der Waals surface area contributed by atoms with Gasteiger partial charge in [0.1, 0.15) is 5.58 Å². The summed E-state index contributed by atoms with van der Waals surface area (Å²) in [4.78, 5) is 33.6. The van der Waals surface area contributed by atoms with E-state index < -0.39 is 23.5 Å². The third-order valence-electron chi connectivity index (χ3n) is 6.73. The number of rotatable bonds is 6. The monoisotopic (exact) mass is 540 g/mol. The number of ketones is 1. The first-order chi connectivity index (χ1) is 18.8. The van der Waals surface area contributed by atoms with Crippen LogP contribution in [-0.2, 0) is 4.79 Å². The lowest BCUT2D eigenvalue weighted by Crippen LogP contribution is -2.31. The minimum atomic E-state index is -1.04. The highest BCUT2D eigenvalue weighted by Gasteiger charge is 2.47. The molecule has 2 aromatic heterocycles. The van der Waals surface area contributed by atoms with Crippen molar-refractivity contribution >= 4 is 49.3 Å². The Morgan fingerprint density at radius 1 is 1.10 bits per heavy atom. The van der Waals surface area contributed by atoms with E-state index in [0.717, 1.165) is 26.7 Å². The van der Waals surface area contributed by atoms with Crippen LogP contribution in [0.15, 0.2) is 76.4 Å². The van der Waals surface area contributed by atoms with E-state index in [1.807, 2.05) is 38.1 Å². The number of carbonyl (C=O) groups excluding carboxylic acids is 2. The van der Waals surface area contributed by atoms with Crippen LogP contribution in [0.4, 0.5) is 5.13 Å². The lowest BCUT2D eigenvalue weighted by Gasteiger charge is -2.24. The number of anilines is 1. The highest BCUT2D eigenvalue weighted by molar-refractivity contribution is 7.22. The number of aliphatic hydroxyl groups is 1. The summed E-state index contributed by atoms with van der Waals surface area (Å²) in [6, 6.07) is 16.3. The lowest BCUT2D eigenvalue weighted by molar-refractivity contribution is -0.117. The number of phenols is 1. The first-order valence-corrected chi connectivity index (χ1v) is 13.2. The molecule has 1 aliphatic heterocycles. The first-order valence-electron chi connectivity index (χ1n) is 12.4. The van der Waals surface area contributed by atoms with Crippen LogP contribution in [0.2, 0.25) is 0 Å². The molecular formula is C30H24N2O6S. The van der Waals surface area contributed by atoms with Gasteiger partial charge in [0.05, 0.1) is 28.4 Å². The van der Waals surface area contributed by atoms with Gasteiger partial charge in [0.15, 0.2) is 28.1 Å². The zero-order valence-electron chi connectivity index (χ0n) is 21.4. The van der Waals surface area contributed by atoms with Gasteiger partial charge in [-0.15, -0.1) is 0 Å². The standard InChI is InChI=1S/C30H24N2O6S/c1-4-37-21-14-18(9-10-19(21)33)26-24(27(34)22-13-17-7-5-6-8-20(17)38-22)28(35)29(36)32(26)30-31-25-16(3)11-15(2)12-23(25)39-30/h5-14,26,33,35H,4H2,1-3H3/t26-/m0/s1. The maximum atomic E-state index is 13.9. The number of furan rings is 1. The Hall–Kier alpha value is -4.63. The Morgan fingerprint density at radius 3 is 2.67 bits per heavy atom. The van der Waals surface area contributed by atoms with E-state index in [-0.39, 0.29) is 22.8 Å². The summed E-state index contributed by atoms with van der Waals surface area (Å²) in [6.07, 6.45) is 0. The molecule has 196 valence electrons. The maximum Gasteiger partial charge on any atom is 0.296 e. The van der Waals surface area contributed by atoms with Crippen molar-refractivity contribution in [3.8, 4) is 11.5 Å². The SMILES string of the molecule is CCOc1cc([C@H]2C(C(=O)c3cc4ccccc4o3)=C(O)C(=O)N2c2nc3c(C)cc(C)cc3s2)ccc1O. The third-order valence-corrected chi connectivity index (χ3v) is 7.73. The lowest BCUT2D eigenvalue weighted by atomic mass is 9.95. The van der Waals surface area contributed by atoms with Crippen molar-refractivity contribution in [1.82, 2.24) is 4.98 Å². The molecule has 0 saturated carbocycles. The number of hydrogen-bond acceptors (Lipinski definition) is 8. The number of aliphatic hydroxyl groups excluding tert-OH is 1. The number of amides is 1. The van der Waals surface area contributed by atoms with Gasteiger partial charge in [0.2, 0.25) is 5.78 Å². The number of nitrogens with zero attached hydrogens (tertiary/aromatic N) is 2. The van der Waals surface area contributed by atoms with E-state index in [1.54, 1.807) is 37.3 Å². The zero-order valence-corrected chi connectivity index (χ0v) is 22.2. The van der Waals surface area contributed by atoms with Crippen LogP contribution >= 0.6 is 11.3 Å². The Morgan fingerprint density at radius 2 is 1.90 bits per heavy atom. The predicted molar refractivity (Wildman–Crippen MR) is 149 cm³/mol. The first kappa shape index (κ1) is 24.7. The molecule has 0 bridgehead atoms. The smallest absolute Gasteiger partial charge is 0.296 e. The van der Waals surface area contributed by atoms with Gasteiger partial charge in [0, 0.05) is 5.39 Å². The number of thiazole rings is 1. The molecule has 0 radical (unpaired) electrons. The fraction of sp³-hybridized carbons (Fsp3) is 0.167. The van der Waals surface area contributed by atoms with E-state index in [9.17, 15) is 19.8 Å². The summed E-state index contributed by atoms with van der Waals surface area (Å²) in [5, 5.41) is 22.5. The number of para-hydroxylation sites is 1. The van der Waals surface area contributed by atoms with Gasteiger partial charge >= 0.3 is 0 Å². The molecule has 6 rings (SSSR count). The number of hydrogen-bond donors (Lipinski definition) is 2. The Balaban J connectivity index is 1.54. The molecule has 2 N–H and O–H groups in total. The fourth-order valence-electron chi connectivity index (χ4n) is 5.01.